The van der Waals surface area contributed by atoms with Crippen LogP contribution in [0.15, 0.2) is 30.3 Å². The number of carbonyl (C=O) groups is 3. The number of hydrogen-bond donors (Lipinski definition) is 0. The maximum atomic E-state index is 13.7. The monoisotopic (exact) mass is 448 g/mol. The SMILES string of the molecule is CC1(C)[C@@]2(C)CC[C@]1(C(=O)N1CCC3(CCN(C(=O)C#Cc4ccccc4)CC3)C1)OC2=O. The van der Waals surface area contributed by atoms with Crippen molar-refractivity contribution in [3.63, 3.8) is 0 Å². The van der Waals surface area contributed by atoms with Gasteiger partial charge in [0, 0.05) is 43.1 Å². The van der Waals surface area contributed by atoms with Gasteiger partial charge in [-0.2, -0.15) is 0 Å². The highest BCUT2D eigenvalue weighted by molar-refractivity contribution is 5.96. The van der Waals surface area contributed by atoms with Crippen LogP contribution in [-0.4, -0.2) is 59.4 Å². The average Bonchev–Trinajstić information content (AvgIpc) is 3.36. The summed E-state index contributed by atoms with van der Waals surface area (Å²) in [4.78, 5) is 42.6. The van der Waals surface area contributed by atoms with Crippen LogP contribution >= 0.6 is 0 Å². The fourth-order valence-corrected chi connectivity index (χ4v) is 6.40. The summed E-state index contributed by atoms with van der Waals surface area (Å²) in [5, 5.41) is 0. The highest BCUT2D eigenvalue weighted by Gasteiger charge is 2.76. The second kappa shape index (κ2) is 7.35. The number of esters is 1. The van der Waals surface area contributed by atoms with Gasteiger partial charge in [0.1, 0.15) is 0 Å². The van der Waals surface area contributed by atoms with E-state index in [0.29, 0.717) is 39.0 Å². The van der Waals surface area contributed by atoms with Crippen molar-refractivity contribution >= 4 is 17.8 Å². The molecule has 0 unspecified atom stereocenters. The van der Waals surface area contributed by atoms with Crippen molar-refractivity contribution < 1.29 is 19.1 Å². The Bertz CT molecular complexity index is 1060. The van der Waals surface area contributed by atoms with Gasteiger partial charge in [-0.1, -0.05) is 38.0 Å². The molecule has 4 fully saturated rings. The van der Waals surface area contributed by atoms with E-state index in [1.165, 1.54) is 0 Å². The molecule has 1 saturated carbocycles. The van der Waals surface area contributed by atoms with Crippen LogP contribution in [0.4, 0.5) is 0 Å². The third kappa shape index (κ3) is 3.12. The Morgan fingerprint density at radius 2 is 1.55 bits per heavy atom. The lowest BCUT2D eigenvalue weighted by Gasteiger charge is -2.40. The minimum Gasteiger partial charge on any atom is -0.448 e. The highest BCUT2D eigenvalue weighted by Crippen LogP contribution is 2.66. The summed E-state index contributed by atoms with van der Waals surface area (Å²) >= 11 is 0. The van der Waals surface area contributed by atoms with Crippen molar-refractivity contribution in [2.75, 3.05) is 26.2 Å². The predicted octanol–water partition coefficient (Wildman–Crippen LogP) is 3.00. The molecule has 1 spiro atoms. The van der Waals surface area contributed by atoms with Gasteiger partial charge in [0.05, 0.1) is 5.41 Å². The number of ether oxygens (including phenoxy) is 1. The molecule has 5 rings (SSSR count). The van der Waals surface area contributed by atoms with Gasteiger partial charge in [-0.05, 0) is 56.6 Å². The van der Waals surface area contributed by atoms with Crippen LogP contribution in [0.3, 0.4) is 0 Å². The number of carbonyl (C=O) groups excluding carboxylic acids is 3. The Balaban J connectivity index is 1.23. The van der Waals surface area contributed by atoms with Gasteiger partial charge >= 0.3 is 5.97 Å². The van der Waals surface area contributed by atoms with Gasteiger partial charge in [0.25, 0.3) is 11.8 Å². The van der Waals surface area contributed by atoms with Gasteiger partial charge in [-0.15, -0.1) is 0 Å². The first kappa shape index (κ1) is 22.0. The number of benzene rings is 1. The van der Waals surface area contributed by atoms with E-state index >= 15 is 0 Å². The lowest BCUT2D eigenvalue weighted by molar-refractivity contribution is -0.173. The molecule has 2 bridgehead atoms. The fraction of sp³-hybridized carbons (Fsp3) is 0.593. The first-order valence-electron chi connectivity index (χ1n) is 12.0. The van der Waals surface area contributed by atoms with E-state index in [1.807, 2.05) is 60.9 Å². The van der Waals surface area contributed by atoms with Crippen molar-refractivity contribution in [1.82, 2.24) is 9.80 Å². The van der Waals surface area contributed by atoms with Gasteiger partial charge in [0.2, 0.25) is 0 Å². The van der Waals surface area contributed by atoms with Gasteiger partial charge in [0.15, 0.2) is 5.60 Å². The van der Waals surface area contributed by atoms with Gasteiger partial charge in [-0.3, -0.25) is 14.4 Å². The number of rotatable bonds is 1. The van der Waals surface area contributed by atoms with Crippen LogP contribution in [-0.2, 0) is 19.1 Å². The predicted molar refractivity (Wildman–Crippen MR) is 123 cm³/mol. The number of fused-ring (bicyclic) bond motifs is 2. The van der Waals surface area contributed by atoms with Crippen molar-refractivity contribution in [3.8, 4) is 11.8 Å². The van der Waals surface area contributed by atoms with Crippen LogP contribution in [0.2, 0.25) is 0 Å². The molecular weight excluding hydrogens is 416 g/mol. The molecule has 174 valence electrons. The smallest absolute Gasteiger partial charge is 0.313 e. The number of likely N-dealkylation sites (tertiary alicyclic amines) is 2. The third-order valence-electron chi connectivity index (χ3n) is 9.35. The van der Waals surface area contributed by atoms with E-state index in [4.69, 9.17) is 4.74 Å². The molecule has 0 N–H and O–H groups in total. The summed E-state index contributed by atoms with van der Waals surface area (Å²) in [5.41, 5.74) is -1.27. The third-order valence-corrected chi connectivity index (χ3v) is 9.35. The van der Waals surface area contributed by atoms with E-state index in [-0.39, 0.29) is 23.2 Å². The summed E-state index contributed by atoms with van der Waals surface area (Å²) in [7, 11) is 0. The lowest BCUT2D eigenvalue weighted by Crippen LogP contribution is -2.55. The zero-order valence-corrected chi connectivity index (χ0v) is 19.8. The highest BCUT2D eigenvalue weighted by atomic mass is 16.6. The molecule has 33 heavy (non-hydrogen) atoms. The van der Waals surface area contributed by atoms with E-state index in [0.717, 1.165) is 24.8 Å². The first-order valence-corrected chi connectivity index (χ1v) is 12.0. The summed E-state index contributed by atoms with van der Waals surface area (Å²) in [5.74, 6) is 5.33. The quantitative estimate of drug-likeness (QED) is 0.489. The molecule has 4 aliphatic rings. The Hall–Kier alpha value is -2.81. The number of amides is 2. The van der Waals surface area contributed by atoms with Crippen LogP contribution in [0, 0.1) is 28.1 Å². The summed E-state index contributed by atoms with van der Waals surface area (Å²) in [6.07, 6.45) is 3.96. The largest absolute Gasteiger partial charge is 0.448 e. The standard InChI is InChI=1S/C27H32N2O4/c1-24(2)25(3)11-12-27(24,33-23(25)32)22(31)29-18-15-26(19-29)13-16-28(17-14-26)21(30)10-9-20-7-5-4-6-8-20/h4-8H,11-19H2,1-3H3/t25-,27+/m0/s1. The van der Waals surface area contributed by atoms with Crippen molar-refractivity contribution in [2.24, 2.45) is 16.2 Å². The molecule has 6 heteroatoms. The van der Waals surface area contributed by atoms with Crippen LogP contribution in [0.5, 0.6) is 0 Å². The molecule has 0 radical (unpaired) electrons. The molecule has 3 saturated heterocycles. The van der Waals surface area contributed by atoms with Crippen molar-refractivity contribution in [3.05, 3.63) is 35.9 Å². The van der Waals surface area contributed by atoms with E-state index in [9.17, 15) is 14.4 Å². The van der Waals surface area contributed by atoms with Crippen LogP contribution in [0.25, 0.3) is 0 Å². The average molecular weight is 449 g/mol. The minimum atomic E-state index is -1.03. The van der Waals surface area contributed by atoms with Crippen LogP contribution < -0.4 is 0 Å². The van der Waals surface area contributed by atoms with E-state index in [2.05, 4.69) is 11.8 Å². The molecule has 2 atom stereocenters. The molecule has 0 aromatic heterocycles. The van der Waals surface area contributed by atoms with Crippen molar-refractivity contribution in [1.29, 1.82) is 0 Å². The molecule has 3 heterocycles. The molecule has 2 amide bonds. The normalized spacial score (nSPS) is 31.3. The molecule has 1 aromatic rings. The van der Waals surface area contributed by atoms with E-state index < -0.39 is 16.4 Å². The minimum absolute atomic E-state index is 0.0221. The lowest BCUT2D eigenvalue weighted by atomic mass is 9.66. The second-order valence-corrected chi connectivity index (χ2v) is 11.1. The zero-order valence-electron chi connectivity index (χ0n) is 19.8. The fourth-order valence-electron chi connectivity index (χ4n) is 6.40. The zero-order chi connectivity index (χ0) is 23.5. The maximum absolute atomic E-state index is 13.7. The van der Waals surface area contributed by atoms with Gasteiger partial charge < -0.3 is 14.5 Å². The van der Waals surface area contributed by atoms with Gasteiger partial charge in [-0.25, -0.2) is 0 Å². The van der Waals surface area contributed by atoms with Crippen molar-refractivity contribution in [2.45, 2.75) is 58.5 Å². The first-order chi connectivity index (χ1) is 15.6. The summed E-state index contributed by atoms with van der Waals surface area (Å²) in [6, 6.07) is 9.53. The maximum Gasteiger partial charge on any atom is 0.313 e. The number of piperidine rings is 1. The summed E-state index contributed by atoms with van der Waals surface area (Å²) in [6.45, 7) is 8.64. The molecule has 1 aromatic carbocycles. The Morgan fingerprint density at radius 3 is 2.12 bits per heavy atom. The topological polar surface area (TPSA) is 66.9 Å². The number of hydrogen-bond acceptors (Lipinski definition) is 4. The van der Waals surface area contributed by atoms with Crippen LogP contribution in [0.1, 0.15) is 58.4 Å². The molecular formula is C27H32N2O4. The van der Waals surface area contributed by atoms with E-state index in [1.54, 1.807) is 0 Å². The number of nitrogens with zero attached hydrogens (tertiary/aromatic N) is 2. The summed E-state index contributed by atoms with van der Waals surface area (Å²) < 4.78 is 5.83. The Morgan fingerprint density at radius 1 is 0.909 bits per heavy atom. The molecule has 6 nitrogen and oxygen atoms in total. The Labute approximate surface area is 195 Å². The molecule has 1 aliphatic carbocycles. The second-order valence-electron chi connectivity index (χ2n) is 11.1. The Kier molecular flexibility index (Phi) is 4.90. The molecule has 3 aliphatic heterocycles.